The Bertz CT molecular complexity index is 1120. The maximum atomic E-state index is 11.0. The molecule has 0 amide bonds. The number of nitrogen functional groups attached to an aromatic ring is 2. The molecule has 0 saturated heterocycles. The van der Waals surface area contributed by atoms with Crippen LogP contribution in [0.3, 0.4) is 0 Å². The van der Waals surface area contributed by atoms with Gasteiger partial charge < -0.3 is 20.3 Å². The Morgan fingerprint density at radius 1 is 0.654 bits per heavy atom. The van der Waals surface area contributed by atoms with Crippen LogP contribution in [0.5, 0.6) is 0 Å². The van der Waals surface area contributed by atoms with Gasteiger partial charge in [-0.2, -0.15) is 0 Å². The minimum Gasteiger partial charge on any atom is -0.423 e. The Morgan fingerprint density at radius 2 is 1.04 bits per heavy atom. The summed E-state index contributed by atoms with van der Waals surface area (Å²) in [6, 6.07) is 13.5. The molecule has 0 saturated carbocycles. The van der Waals surface area contributed by atoms with E-state index in [4.69, 9.17) is 20.3 Å². The van der Waals surface area contributed by atoms with Crippen molar-refractivity contribution in [2.24, 2.45) is 0 Å². The molecule has 0 unspecified atom stereocenters. The zero-order valence-corrected chi connectivity index (χ0v) is 14.4. The van der Waals surface area contributed by atoms with Gasteiger partial charge in [0.1, 0.15) is 11.2 Å². The predicted molar refractivity (Wildman–Crippen MR) is 103 cm³/mol. The molecule has 0 atom stereocenters. The lowest BCUT2D eigenvalue weighted by Crippen LogP contribution is -1.98. The Balaban J connectivity index is 0.000000151. The summed E-state index contributed by atoms with van der Waals surface area (Å²) in [5.41, 5.74) is 14.6. The highest BCUT2D eigenvalue weighted by Crippen LogP contribution is 2.19. The van der Waals surface area contributed by atoms with Crippen LogP contribution in [-0.2, 0) is 0 Å². The molecule has 0 spiro atoms. The first-order chi connectivity index (χ1) is 12.3. The normalized spacial score (nSPS) is 10.5. The van der Waals surface area contributed by atoms with Crippen LogP contribution in [0.25, 0.3) is 21.9 Å². The minimum atomic E-state index is -0.337. The van der Waals surface area contributed by atoms with Gasteiger partial charge in [-0.3, -0.25) is 0 Å². The number of nitrogens with two attached hydrogens (primary N) is 2. The van der Waals surface area contributed by atoms with Crippen LogP contribution in [0.1, 0.15) is 11.1 Å². The van der Waals surface area contributed by atoms with E-state index in [0.29, 0.717) is 22.5 Å². The second-order valence-electron chi connectivity index (χ2n) is 6.01. The van der Waals surface area contributed by atoms with Gasteiger partial charge in [-0.15, -0.1) is 0 Å². The van der Waals surface area contributed by atoms with E-state index in [1.165, 1.54) is 12.1 Å². The highest BCUT2D eigenvalue weighted by molar-refractivity contribution is 5.83. The average molecular weight is 350 g/mol. The highest BCUT2D eigenvalue weighted by Gasteiger charge is 2.02. The first kappa shape index (κ1) is 17.3. The molecule has 4 rings (SSSR count). The van der Waals surface area contributed by atoms with Gasteiger partial charge in [-0.25, -0.2) is 9.59 Å². The molecule has 0 bridgehead atoms. The molecule has 26 heavy (non-hydrogen) atoms. The summed E-state index contributed by atoms with van der Waals surface area (Å²) in [4.78, 5) is 22.0. The van der Waals surface area contributed by atoms with Crippen LogP contribution < -0.4 is 22.7 Å². The largest absolute Gasteiger partial charge is 0.423 e. The van der Waals surface area contributed by atoms with Crippen molar-refractivity contribution < 1.29 is 8.83 Å². The van der Waals surface area contributed by atoms with Crippen LogP contribution in [0.15, 0.2) is 67.0 Å². The van der Waals surface area contributed by atoms with Gasteiger partial charge in [0, 0.05) is 46.4 Å². The highest BCUT2D eigenvalue weighted by atomic mass is 16.4. The number of aryl methyl sites for hydroxylation is 2. The lowest BCUT2D eigenvalue weighted by Gasteiger charge is -2.00. The van der Waals surface area contributed by atoms with Crippen LogP contribution in [0, 0.1) is 13.8 Å². The van der Waals surface area contributed by atoms with Gasteiger partial charge >= 0.3 is 11.3 Å². The first-order valence-electron chi connectivity index (χ1n) is 7.93. The van der Waals surface area contributed by atoms with Crippen molar-refractivity contribution in [2.75, 3.05) is 11.5 Å². The fraction of sp³-hybridized carbons (Fsp3) is 0.100. The molecule has 4 aromatic rings. The van der Waals surface area contributed by atoms with Crippen LogP contribution in [0.2, 0.25) is 0 Å². The van der Waals surface area contributed by atoms with E-state index in [-0.39, 0.29) is 11.3 Å². The quantitative estimate of drug-likeness (QED) is 0.371. The van der Waals surface area contributed by atoms with Gasteiger partial charge in [-0.1, -0.05) is 0 Å². The number of benzene rings is 2. The summed E-state index contributed by atoms with van der Waals surface area (Å²) >= 11 is 0. The smallest absolute Gasteiger partial charge is 0.336 e. The fourth-order valence-electron chi connectivity index (χ4n) is 2.68. The second-order valence-corrected chi connectivity index (χ2v) is 6.01. The third-order valence-corrected chi connectivity index (χ3v) is 3.95. The predicted octanol–water partition coefficient (Wildman–Crippen LogP) is 3.37. The van der Waals surface area contributed by atoms with Crippen LogP contribution in [0.4, 0.5) is 11.4 Å². The Morgan fingerprint density at radius 3 is 1.42 bits per heavy atom. The third kappa shape index (κ3) is 3.59. The van der Waals surface area contributed by atoms with Gasteiger partial charge in [-0.05, 0) is 49.2 Å². The maximum Gasteiger partial charge on any atom is 0.336 e. The summed E-state index contributed by atoms with van der Waals surface area (Å²) in [5, 5.41) is 1.85. The maximum absolute atomic E-state index is 11.0. The lowest BCUT2D eigenvalue weighted by atomic mass is 10.1. The zero-order chi connectivity index (χ0) is 18.8. The van der Waals surface area contributed by atoms with Gasteiger partial charge in [0.15, 0.2) is 0 Å². The van der Waals surface area contributed by atoms with Crippen molar-refractivity contribution in [2.45, 2.75) is 13.8 Å². The summed E-state index contributed by atoms with van der Waals surface area (Å²) in [6.45, 7) is 3.74. The molecular weight excluding hydrogens is 332 g/mol. The molecule has 0 aliphatic rings. The molecule has 4 N–H and O–H groups in total. The average Bonchev–Trinajstić information content (AvgIpc) is 2.54. The number of hydrogen-bond donors (Lipinski definition) is 2. The number of fused-ring (bicyclic) bond motifs is 2. The monoisotopic (exact) mass is 350 g/mol. The molecule has 2 aromatic heterocycles. The van der Waals surface area contributed by atoms with E-state index in [0.717, 1.165) is 21.9 Å². The Hall–Kier alpha value is -3.54. The number of anilines is 2. The molecule has 6 heteroatoms. The summed E-state index contributed by atoms with van der Waals surface area (Å²) in [7, 11) is 0. The Labute approximate surface area is 148 Å². The van der Waals surface area contributed by atoms with Crippen molar-refractivity contribution >= 4 is 33.3 Å². The second kappa shape index (κ2) is 6.76. The molecule has 0 fully saturated rings. The van der Waals surface area contributed by atoms with E-state index in [1.54, 1.807) is 24.3 Å². The molecular formula is C20H18N2O4. The van der Waals surface area contributed by atoms with E-state index in [1.807, 2.05) is 26.0 Å². The molecule has 0 radical (unpaired) electrons. The minimum absolute atomic E-state index is 0.337. The van der Waals surface area contributed by atoms with E-state index >= 15 is 0 Å². The molecule has 0 aliphatic carbocycles. The van der Waals surface area contributed by atoms with E-state index in [9.17, 15) is 9.59 Å². The number of rotatable bonds is 0. The van der Waals surface area contributed by atoms with Crippen LogP contribution in [-0.4, -0.2) is 0 Å². The zero-order valence-electron chi connectivity index (χ0n) is 14.4. The molecule has 6 nitrogen and oxygen atoms in total. The van der Waals surface area contributed by atoms with Crippen molar-refractivity contribution in [3.05, 3.63) is 80.5 Å². The summed E-state index contributed by atoms with van der Waals surface area (Å²) in [5.74, 6) is 0. The third-order valence-electron chi connectivity index (χ3n) is 3.95. The summed E-state index contributed by atoms with van der Waals surface area (Å²) in [6.07, 6.45) is 0. The SMILES string of the molecule is Cc1cc(=O)oc2cc(N)ccc12.Cc1cc(=O)oc2cc(N)ccc12. The molecule has 2 heterocycles. The molecule has 0 aliphatic heterocycles. The fourth-order valence-corrected chi connectivity index (χ4v) is 2.68. The van der Waals surface area contributed by atoms with Crippen molar-refractivity contribution in [3.8, 4) is 0 Å². The van der Waals surface area contributed by atoms with Gasteiger partial charge in [0.2, 0.25) is 0 Å². The Kier molecular flexibility index (Phi) is 4.49. The number of hydrogen-bond acceptors (Lipinski definition) is 6. The van der Waals surface area contributed by atoms with Crippen molar-refractivity contribution in [3.63, 3.8) is 0 Å². The van der Waals surface area contributed by atoms with Crippen LogP contribution >= 0.6 is 0 Å². The van der Waals surface area contributed by atoms with Gasteiger partial charge in [0.05, 0.1) is 0 Å². The summed E-state index contributed by atoms with van der Waals surface area (Å²) < 4.78 is 9.98. The van der Waals surface area contributed by atoms with Gasteiger partial charge in [0.25, 0.3) is 0 Å². The molecule has 132 valence electrons. The van der Waals surface area contributed by atoms with E-state index < -0.39 is 0 Å². The first-order valence-corrected chi connectivity index (χ1v) is 7.93. The lowest BCUT2D eigenvalue weighted by molar-refractivity contribution is 0.559. The van der Waals surface area contributed by atoms with Crippen molar-refractivity contribution in [1.29, 1.82) is 0 Å². The molecule has 2 aromatic carbocycles. The van der Waals surface area contributed by atoms with Crippen molar-refractivity contribution in [1.82, 2.24) is 0 Å². The van der Waals surface area contributed by atoms with E-state index in [2.05, 4.69) is 0 Å². The standard InChI is InChI=1S/2C10H9NO2/c2*1-6-4-10(12)13-9-5-7(11)2-3-8(6)9/h2*2-5H,11H2,1H3. The topological polar surface area (TPSA) is 112 Å².